The van der Waals surface area contributed by atoms with E-state index in [0.29, 0.717) is 31.9 Å². The highest BCUT2D eigenvalue weighted by Crippen LogP contribution is 2.46. The molecule has 4 N–H and O–H groups in total. The van der Waals surface area contributed by atoms with Crippen molar-refractivity contribution in [3.8, 4) is 5.75 Å². The van der Waals surface area contributed by atoms with Crippen LogP contribution in [0.5, 0.6) is 5.75 Å². The Morgan fingerprint density at radius 1 is 1.24 bits per heavy atom. The number of ether oxygens (including phenoxy) is 1. The van der Waals surface area contributed by atoms with Gasteiger partial charge in [-0.15, -0.1) is 0 Å². The van der Waals surface area contributed by atoms with Gasteiger partial charge in [0.1, 0.15) is 5.75 Å². The first-order valence-corrected chi connectivity index (χ1v) is 16.8. The summed E-state index contributed by atoms with van der Waals surface area (Å²) in [4.78, 5) is 14.2. The number of halogens is 1. The predicted molar refractivity (Wildman–Crippen MR) is 165 cm³/mol. The number of aliphatic hydroxyl groups is 1. The van der Waals surface area contributed by atoms with E-state index in [1.807, 2.05) is 19.1 Å². The third-order valence-corrected chi connectivity index (χ3v) is 11.6. The van der Waals surface area contributed by atoms with Crippen molar-refractivity contribution in [3.05, 3.63) is 70.3 Å². The van der Waals surface area contributed by atoms with Crippen molar-refractivity contribution >= 4 is 33.3 Å². The minimum Gasteiger partial charge on any atom is -0.490 e. The van der Waals surface area contributed by atoms with E-state index in [0.717, 1.165) is 42.8 Å². The lowest BCUT2D eigenvalue weighted by atomic mass is 9.68. The number of carboxylic acid groups (broad SMARTS) is 1. The van der Waals surface area contributed by atoms with Gasteiger partial charge in [0.2, 0.25) is 10.0 Å². The van der Waals surface area contributed by atoms with Crippen molar-refractivity contribution in [2.75, 3.05) is 24.6 Å². The number of hydrogen-bond donors (Lipinski definition) is 3. The van der Waals surface area contributed by atoms with Gasteiger partial charge in [-0.2, -0.15) is 0 Å². The van der Waals surface area contributed by atoms with Crippen molar-refractivity contribution in [2.24, 2.45) is 22.9 Å². The Morgan fingerprint density at radius 2 is 2.02 bits per heavy atom. The number of hydrogen-bond acceptors (Lipinski definition) is 6. The van der Waals surface area contributed by atoms with Crippen LogP contribution in [-0.2, 0) is 21.9 Å². The number of allylic oxidation sites excluding steroid dienone is 1. The molecule has 42 heavy (non-hydrogen) atoms. The fourth-order valence-corrected chi connectivity index (χ4v) is 7.85. The van der Waals surface area contributed by atoms with Gasteiger partial charge in [-0.25, -0.2) is 18.4 Å². The van der Waals surface area contributed by atoms with Gasteiger partial charge in [-0.1, -0.05) is 36.7 Å². The highest BCUT2D eigenvalue weighted by atomic mass is 35.5. The summed E-state index contributed by atoms with van der Waals surface area (Å²) in [5.74, 6) is -0.220. The van der Waals surface area contributed by atoms with Crippen LogP contribution in [0.1, 0.15) is 67.4 Å². The van der Waals surface area contributed by atoms with Crippen LogP contribution in [0.15, 0.2) is 48.6 Å². The molecular formula is C32H41ClN2O6S. The number of carboxylic acids is 1. The van der Waals surface area contributed by atoms with Crippen LogP contribution in [0.4, 0.5) is 5.69 Å². The molecule has 0 radical (unpaired) electrons. The molecule has 10 heteroatoms. The van der Waals surface area contributed by atoms with Crippen LogP contribution < -0.4 is 14.8 Å². The van der Waals surface area contributed by atoms with E-state index in [1.54, 1.807) is 31.2 Å². The van der Waals surface area contributed by atoms with Gasteiger partial charge in [0.25, 0.3) is 0 Å². The lowest BCUT2D eigenvalue weighted by Gasteiger charge is -2.45. The summed E-state index contributed by atoms with van der Waals surface area (Å²) in [6, 6.07) is 11.2. The number of primary sulfonamides is 1. The molecule has 1 heterocycles. The van der Waals surface area contributed by atoms with E-state index >= 15 is 0 Å². The Hall–Kier alpha value is -2.59. The van der Waals surface area contributed by atoms with Crippen molar-refractivity contribution in [3.63, 3.8) is 0 Å². The minimum atomic E-state index is -3.61. The fourth-order valence-electron chi connectivity index (χ4n) is 6.89. The molecule has 8 nitrogen and oxygen atoms in total. The van der Waals surface area contributed by atoms with E-state index < -0.39 is 27.3 Å². The second-order valence-electron chi connectivity index (χ2n) is 12.5. The second kappa shape index (κ2) is 12.2. The average Bonchev–Trinajstić information content (AvgIpc) is 3.07. The molecule has 1 spiro atoms. The Labute approximate surface area is 253 Å². The summed E-state index contributed by atoms with van der Waals surface area (Å²) in [5, 5.41) is 26.2. The van der Waals surface area contributed by atoms with Gasteiger partial charge in [0.15, 0.2) is 0 Å². The zero-order valence-corrected chi connectivity index (χ0v) is 25.8. The SMILES string of the molecule is C[C@H](CC=C[C@H](O)[C@@H]1CC[C@H]1CN1C[C@@]2(CCCc3cc(Cl)ccc32)COc2ccc(C(=O)O)cc21)[C@H](C)S(N)(=O)=O. The third kappa shape index (κ3) is 6.34. The van der Waals surface area contributed by atoms with Gasteiger partial charge in [-0.05, 0) is 105 Å². The molecule has 0 bridgehead atoms. The van der Waals surface area contributed by atoms with Crippen molar-refractivity contribution in [1.82, 2.24) is 0 Å². The summed E-state index contributed by atoms with van der Waals surface area (Å²) in [6.07, 6.45) is 8.27. The zero-order chi connectivity index (χ0) is 30.2. The van der Waals surface area contributed by atoms with Crippen LogP contribution in [0.3, 0.4) is 0 Å². The van der Waals surface area contributed by atoms with Gasteiger partial charge in [-0.3, -0.25) is 0 Å². The lowest BCUT2D eigenvalue weighted by molar-refractivity contribution is 0.0456. The summed E-state index contributed by atoms with van der Waals surface area (Å²) in [7, 11) is -3.61. The highest BCUT2D eigenvalue weighted by Gasteiger charge is 2.44. The number of sulfonamides is 1. The van der Waals surface area contributed by atoms with E-state index in [-0.39, 0.29) is 28.7 Å². The number of aryl methyl sites for hydroxylation is 1. The summed E-state index contributed by atoms with van der Waals surface area (Å²) < 4.78 is 29.8. The number of anilines is 1. The number of rotatable bonds is 9. The molecule has 2 aromatic rings. The molecule has 1 aliphatic heterocycles. The normalized spacial score (nSPS) is 26.0. The van der Waals surface area contributed by atoms with Gasteiger partial charge < -0.3 is 19.8 Å². The van der Waals surface area contributed by atoms with E-state index in [9.17, 15) is 23.4 Å². The Morgan fingerprint density at radius 3 is 2.71 bits per heavy atom. The number of fused-ring (bicyclic) bond motifs is 3. The molecule has 228 valence electrons. The monoisotopic (exact) mass is 616 g/mol. The van der Waals surface area contributed by atoms with E-state index in [4.69, 9.17) is 21.5 Å². The number of nitrogens with two attached hydrogens (primary N) is 1. The lowest BCUT2D eigenvalue weighted by Crippen LogP contribution is -2.49. The minimum absolute atomic E-state index is 0.0518. The maximum absolute atomic E-state index is 11.9. The molecule has 6 atom stereocenters. The second-order valence-corrected chi connectivity index (χ2v) is 14.9. The zero-order valence-electron chi connectivity index (χ0n) is 24.2. The first-order chi connectivity index (χ1) is 19.9. The Balaban J connectivity index is 1.38. The number of nitrogens with zero attached hydrogens (tertiary/aromatic N) is 1. The number of aromatic carboxylic acids is 1. The first-order valence-electron chi connectivity index (χ1n) is 14.8. The molecule has 2 aromatic carbocycles. The van der Waals surface area contributed by atoms with Crippen LogP contribution in [0, 0.1) is 17.8 Å². The van der Waals surface area contributed by atoms with E-state index in [1.165, 1.54) is 11.1 Å². The fraction of sp³-hybridized carbons (Fsp3) is 0.531. The summed E-state index contributed by atoms with van der Waals surface area (Å²) in [5.41, 5.74) is 3.20. The van der Waals surface area contributed by atoms with Crippen LogP contribution in [0.2, 0.25) is 5.02 Å². The molecule has 2 aliphatic carbocycles. The quantitative estimate of drug-likeness (QED) is 0.332. The Bertz CT molecular complexity index is 1460. The van der Waals surface area contributed by atoms with Crippen LogP contribution in [-0.4, -0.2) is 55.7 Å². The molecule has 0 amide bonds. The van der Waals surface area contributed by atoms with Crippen LogP contribution in [0.25, 0.3) is 0 Å². The van der Waals surface area contributed by atoms with Gasteiger partial charge in [0.05, 0.1) is 29.2 Å². The van der Waals surface area contributed by atoms with Gasteiger partial charge in [0, 0.05) is 23.5 Å². The molecule has 1 saturated carbocycles. The predicted octanol–water partition coefficient (Wildman–Crippen LogP) is 5.16. The van der Waals surface area contributed by atoms with E-state index in [2.05, 4.69) is 17.0 Å². The Kier molecular flexibility index (Phi) is 8.95. The summed E-state index contributed by atoms with van der Waals surface area (Å²) in [6.45, 7) is 5.28. The molecule has 1 fully saturated rings. The van der Waals surface area contributed by atoms with Crippen molar-refractivity contribution < 1.29 is 28.2 Å². The maximum Gasteiger partial charge on any atom is 0.335 e. The highest BCUT2D eigenvalue weighted by molar-refractivity contribution is 7.89. The third-order valence-electron chi connectivity index (χ3n) is 9.81. The standard InChI is InChI=1S/C32H41ClN2O6S/c1-20(21(2)42(34,39)40)5-3-7-29(36)26-11-8-24(26)17-35-18-32(14-4-6-22-15-25(33)10-12-27(22)32)19-41-30-13-9-23(31(37)38)16-28(30)35/h3,7,9-10,12-13,15-16,20-21,24,26,29,36H,4-6,8,11,14,17-19H2,1-2H3,(H,37,38)(H2,34,39,40)/t20-,21+,24+,26-,29+,32+/m1/s1. The van der Waals surface area contributed by atoms with Crippen molar-refractivity contribution in [1.29, 1.82) is 0 Å². The van der Waals surface area contributed by atoms with Gasteiger partial charge >= 0.3 is 5.97 Å². The number of carbonyl (C=O) groups is 1. The maximum atomic E-state index is 11.9. The number of benzene rings is 2. The van der Waals surface area contributed by atoms with Crippen molar-refractivity contribution in [2.45, 2.75) is 69.1 Å². The molecule has 3 aliphatic rings. The number of aliphatic hydroxyl groups excluding tert-OH is 1. The first kappa shape index (κ1) is 30.9. The molecule has 0 unspecified atom stereocenters. The molecular weight excluding hydrogens is 576 g/mol. The topological polar surface area (TPSA) is 130 Å². The molecule has 0 saturated heterocycles. The smallest absolute Gasteiger partial charge is 0.335 e. The molecule has 5 rings (SSSR count). The van der Waals surface area contributed by atoms with Crippen LogP contribution >= 0.6 is 11.6 Å². The largest absolute Gasteiger partial charge is 0.490 e. The summed E-state index contributed by atoms with van der Waals surface area (Å²) >= 11 is 6.36. The molecule has 0 aromatic heterocycles. The average molecular weight is 617 g/mol.